The van der Waals surface area contributed by atoms with E-state index in [1.165, 1.54) is 12.8 Å². The summed E-state index contributed by atoms with van der Waals surface area (Å²) in [4.78, 5) is 38.2. The number of nitrogens with zero attached hydrogens (tertiary/aromatic N) is 1. The Balaban J connectivity index is 0.00000392. The van der Waals surface area contributed by atoms with Crippen molar-refractivity contribution in [2.75, 3.05) is 25.0 Å². The van der Waals surface area contributed by atoms with Gasteiger partial charge in [0.15, 0.2) is 0 Å². The van der Waals surface area contributed by atoms with E-state index in [4.69, 9.17) is 5.73 Å². The van der Waals surface area contributed by atoms with E-state index in [9.17, 15) is 14.4 Å². The van der Waals surface area contributed by atoms with Crippen LogP contribution in [0.4, 0.5) is 5.69 Å². The largest absolute Gasteiger partial charge is 0.346 e. The molecule has 0 unspecified atom stereocenters. The molecule has 8 heteroatoms. The topological polar surface area (TPSA) is 105 Å². The van der Waals surface area contributed by atoms with Crippen LogP contribution in [0.15, 0.2) is 24.3 Å². The SMILES string of the molecule is CC(C)[C@H](N)C(=O)NCC(=O)Nc1ccc(C(=O)N2CCCCCC2)cc1.Cl. The summed E-state index contributed by atoms with van der Waals surface area (Å²) in [5.74, 6) is -0.656. The number of nitrogens with one attached hydrogen (secondary N) is 2. The van der Waals surface area contributed by atoms with Crippen molar-refractivity contribution < 1.29 is 14.4 Å². The predicted molar refractivity (Wildman–Crippen MR) is 113 cm³/mol. The van der Waals surface area contributed by atoms with Gasteiger partial charge in [0.1, 0.15) is 0 Å². The van der Waals surface area contributed by atoms with Crippen LogP contribution in [0.3, 0.4) is 0 Å². The van der Waals surface area contributed by atoms with Crippen molar-refractivity contribution in [3.05, 3.63) is 29.8 Å². The average molecular weight is 411 g/mol. The lowest BCUT2D eigenvalue weighted by Crippen LogP contribution is -2.46. The number of hydrogen-bond donors (Lipinski definition) is 3. The van der Waals surface area contributed by atoms with Gasteiger partial charge in [0, 0.05) is 24.3 Å². The zero-order chi connectivity index (χ0) is 19.8. The number of anilines is 1. The van der Waals surface area contributed by atoms with Crippen molar-refractivity contribution in [1.29, 1.82) is 0 Å². The smallest absolute Gasteiger partial charge is 0.253 e. The molecule has 1 aliphatic rings. The maximum absolute atomic E-state index is 12.6. The second-order valence-electron chi connectivity index (χ2n) is 7.32. The summed E-state index contributed by atoms with van der Waals surface area (Å²) in [5, 5.41) is 5.23. The predicted octanol–water partition coefficient (Wildman–Crippen LogP) is 2.16. The molecule has 0 saturated carbocycles. The highest BCUT2D eigenvalue weighted by molar-refractivity contribution is 5.97. The summed E-state index contributed by atoms with van der Waals surface area (Å²) in [7, 11) is 0. The first kappa shape index (κ1) is 23.9. The normalized spacial score (nSPS) is 15.2. The van der Waals surface area contributed by atoms with Gasteiger partial charge in [-0.15, -0.1) is 12.4 Å². The van der Waals surface area contributed by atoms with Crippen molar-refractivity contribution in [2.45, 2.75) is 45.6 Å². The third-order valence-electron chi connectivity index (χ3n) is 4.75. The molecule has 28 heavy (non-hydrogen) atoms. The van der Waals surface area contributed by atoms with E-state index >= 15 is 0 Å². The number of carbonyl (C=O) groups excluding carboxylic acids is 3. The minimum absolute atomic E-state index is 0. The Morgan fingerprint density at radius 3 is 2.14 bits per heavy atom. The molecule has 0 spiro atoms. The summed E-state index contributed by atoms with van der Waals surface area (Å²) >= 11 is 0. The Labute approximate surface area is 172 Å². The molecule has 0 aromatic heterocycles. The molecule has 0 radical (unpaired) electrons. The zero-order valence-electron chi connectivity index (χ0n) is 16.6. The fraction of sp³-hybridized carbons (Fsp3) is 0.550. The molecule has 156 valence electrons. The molecule has 1 aromatic carbocycles. The molecule has 0 aliphatic carbocycles. The summed E-state index contributed by atoms with van der Waals surface area (Å²) in [5.41, 5.74) is 6.93. The molecule has 1 saturated heterocycles. The van der Waals surface area contributed by atoms with Crippen LogP contribution < -0.4 is 16.4 Å². The minimum Gasteiger partial charge on any atom is -0.346 e. The van der Waals surface area contributed by atoms with Gasteiger partial charge in [-0.3, -0.25) is 14.4 Å². The highest BCUT2D eigenvalue weighted by Crippen LogP contribution is 2.15. The lowest BCUT2D eigenvalue weighted by Gasteiger charge is -2.20. The fourth-order valence-electron chi connectivity index (χ4n) is 2.95. The molecule has 0 bridgehead atoms. The standard InChI is InChI=1S/C20H30N4O3.ClH/c1-14(2)18(21)19(26)22-13-17(25)23-16-9-7-15(8-10-16)20(27)24-11-5-3-4-6-12-24;/h7-10,14,18H,3-6,11-13,21H2,1-2H3,(H,22,26)(H,23,25);1H/t18-;/m0./s1. The molecule has 1 aromatic rings. The Kier molecular flexibility index (Phi) is 9.96. The zero-order valence-corrected chi connectivity index (χ0v) is 17.4. The van der Waals surface area contributed by atoms with Crippen molar-refractivity contribution in [3.8, 4) is 0 Å². The van der Waals surface area contributed by atoms with Crippen LogP contribution in [0.5, 0.6) is 0 Å². The summed E-state index contributed by atoms with van der Waals surface area (Å²) in [6.07, 6.45) is 4.44. The summed E-state index contributed by atoms with van der Waals surface area (Å²) < 4.78 is 0. The molecular formula is C20H31ClN4O3. The maximum atomic E-state index is 12.6. The molecule has 7 nitrogen and oxygen atoms in total. The first-order valence-corrected chi connectivity index (χ1v) is 9.61. The van der Waals surface area contributed by atoms with Crippen LogP contribution >= 0.6 is 12.4 Å². The van der Waals surface area contributed by atoms with E-state index in [-0.39, 0.29) is 42.6 Å². The maximum Gasteiger partial charge on any atom is 0.253 e. The Morgan fingerprint density at radius 1 is 1.04 bits per heavy atom. The van der Waals surface area contributed by atoms with E-state index in [0.717, 1.165) is 25.9 Å². The summed E-state index contributed by atoms with van der Waals surface area (Å²) in [6, 6.07) is 6.20. The first-order valence-electron chi connectivity index (χ1n) is 9.61. The van der Waals surface area contributed by atoms with E-state index in [1.54, 1.807) is 24.3 Å². The molecular weight excluding hydrogens is 380 g/mol. The third kappa shape index (κ3) is 7.13. The third-order valence-corrected chi connectivity index (χ3v) is 4.75. The monoisotopic (exact) mass is 410 g/mol. The van der Waals surface area contributed by atoms with Crippen molar-refractivity contribution in [1.82, 2.24) is 10.2 Å². The van der Waals surface area contributed by atoms with Crippen LogP contribution in [-0.2, 0) is 9.59 Å². The molecule has 1 fully saturated rings. The molecule has 1 atom stereocenters. The van der Waals surface area contributed by atoms with E-state index in [0.29, 0.717) is 11.3 Å². The minimum atomic E-state index is -0.637. The highest BCUT2D eigenvalue weighted by atomic mass is 35.5. The molecule has 2 rings (SSSR count). The van der Waals surface area contributed by atoms with Gasteiger partial charge in [-0.05, 0) is 43.0 Å². The Morgan fingerprint density at radius 2 is 1.61 bits per heavy atom. The van der Waals surface area contributed by atoms with Gasteiger partial charge >= 0.3 is 0 Å². The van der Waals surface area contributed by atoms with Crippen molar-refractivity contribution in [2.24, 2.45) is 11.7 Å². The van der Waals surface area contributed by atoms with Gasteiger partial charge in [-0.1, -0.05) is 26.7 Å². The quantitative estimate of drug-likeness (QED) is 0.668. The van der Waals surface area contributed by atoms with Gasteiger partial charge in [-0.25, -0.2) is 0 Å². The number of likely N-dealkylation sites (tertiary alicyclic amines) is 1. The number of halogens is 1. The average Bonchev–Trinajstić information content (AvgIpc) is 2.95. The molecule has 1 heterocycles. The van der Waals surface area contributed by atoms with E-state index < -0.39 is 6.04 Å². The van der Waals surface area contributed by atoms with Gasteiger partial charge in [0.05, 0.1) is 12.6 Å². The van der Waals surface area contributed by atoms with Crippen LogP contribution in [0.1, 0.15) is 49.9 Å². The van der Waals surface area contributed by atoms with Crippen LogP contribution in [0.25, 0.3) is 0 Å². The van der Waals surface area contributed by atoms with Gasteiger partial charge in [0.2, 0.25) is 11.8 Å². The molecule has 4 N–H and O–H groups in total. The molecule has 3 amide bonds. The number of carbonyl (C=O) groups is 3. The van der Waals surface area contributed by atoms with E-state index in [1.807, 2.05) is 18.7 Å². The lowest BCUT2D eigenvalue weighted by atomic mass is 10.1. The number of benzene rings is 1. The van der Waals surface area contributed by atoms with Crippen LogP contribution in [-0.4, -0.2) is 48.3 Å². The lowest BCUT2D eigenvalue weighted by molar-refractivity contribution is -0.125. The van der Waals surface area contributed by atoms with Gasteiger partial charge in [-0.2, -0.15) is 0 Å². The van der Waals surface area contributed by atoms with E-state index in [2.05, 4.69) is 10.6 Å². The Hall–Kier alpha value is -2.12. The number of hydrogen-bond acceptors (Lipinski definition) is 4. The fourth-order valence-corrected chi connectivity index (χ4v) is 2.95. The second kappa shape index (κ2) is 11.7. The van der Waals surface area contributed by atoms with Crippen molar-refractivity contribution >= 4 is 35.8 Å². The van der Waals surface area contributed by atoms with Crippen LogP contribution in [0, 0.1) is 5.92 Å². The molecule has 1 aliphatic heterocycles. The highest BCUT2D eigenvalue weighted by Gasteiger charge is 2.18. The van der Waals surface area contributed by atoms with Gasteiger partial charge in [0.25, 0.3) is 5.91 Å². The number of nitrogens with two attached hydrogens (primary N) is 1. The summed E-state index contributed by atoms with van der Waals surface area (Å²) in [6.45, 7) is 5.15. The van der Waals surface area contributed by atoms with Crippen LogP contribution in [0.2, 0.25) is 0 Å². The first-order chi connectivity index (χ1) is 12.9. The number of amides is 3. The number of rotatable bonds is 6. The second-order valence-corrected chi connectivity index (χ2v) is 7.32. The van der Waals surface area contributed by atoms with Gasteiger partial charge < -0.3 is 21.3 Å². The Bertz CT molecular complexity index is 656. The van der Waals surface area contributed by atoms with Crippen molar-refractivity contribution in [3.63, 3.8) is 0 Å².